The van der Waals surface area contributed by atoms with Crippen LogP contribution in [0.3, 0.4) is 0 Å². The maximum Gasteiger partial charge on any atom is 0.261 e. The van der Waals surface area contributed by atoms with Crippen molar-refractivity contribution in [2.75, 3.05) is 18.8 Å². The van der Waals surface area contributed by atoms with Crippen LogP contribution in [0.5, 0.6) is 0 Å². The van der Waals surface area contributed by atoms with E-state index in [1.165, 1.54) is 29.2 Å². The van der Waals surface area contributed by atoms with Crippen molar-refractivity contribution >= 4 is 44.8 Å². The predicted octanol–water partition coefficient (Wildman–Crippen LogP) is 3.50. The van der Waals surface area contributed by atoms with E-state index in [0.717, 1.165) is 0 Å². The molecule has 5 nitrogen and oxygen atoms in total. The van der Waals surface area contributed by atoms with Crippen LogP contribution in [0, 0.1) is 0 Å². The molecule has 0 saturated carbocycles. The van der Waals surface area contributed by atoms with E-state index in [1.54, 1.807) is 32.3 Å². The van der Waals surface area contributed by atoms with Crippen LogP contribution in [-0.4, -0.2) is 33.3 Å². The fourth-order valence-corrected chi connectivity index (χ4v) is 3.65. The molecular formula is C15H14Cl2N2O3S. The standard InChI is InChI=1S/C15H14Cl2N2O3S/c1-19(2)15(20)10-4-3-5-13(6-10)18-23(21,22)14-8-11(16)7-12(17)9-14/h3-9,18H,1-2H3. The van der Waals surface area contributed by atoms with Gasteiger partial charge in [-0.3, -0.25) is 9.52 Å². The zero-order chi connectivity index (χ0) is 17.2. The van der Waals surface area contributed by atoms with Crippen molar-refractivity contribution in [3.05, 3.63) is 58.1 Å². The van der Waals surface area contributed by atoms with Crippen molar-refractivity contribution in [1.82, 2.24) is 4.90 Å². The Bertz CT molecular complexity index is 831. The van der Waals surface area contributed by atoms with Gasteiger partial charge in [-0.25, -0.2) is 8.42 Å². The van der Waals surface area contributed by atoms with Gasteiger partial charge in [0.05, 0.1) is 4.90 Å². The predicted molar refractivity (Wildman–Crippen MR) is 91.7 cm³/mol. The second-order valence-corrected chi connectivity index (χ2v) is 7.55. The van der Waals surface area contributed by atoms with E-state index in [2.05, 4.69) is 4.72 Å². The van der Waals surface area contributed by atoms with Crippen LogP contribution in [0.4, 0.5) is 5.69 Å². The second-order valence-electron chi connectivity index (χ2n) is 4.99. The summed E-state index contributed by atoms with van der Waals surface area (Å²) in [4.78, 5) is 13.3. The number of nitrogens with zero attached hydrogens (tertiary/aromatic N) is 1. The summed E-state index contributed by atoms with van der Waals surface area (Å²) in [5.74, 6) is -0.225. The Morgan fingerprint density at radius 2 is 1.65 bits per heavy atom. The first-order chi connectivity index (χ1) is 10.7. The van der Waals surface area contributed by atoms with Crippen molar-refractivity contribution in [3.63, 3.8) is 0 Å². The minimum Gasteiger partial charge on any atom is -0.345 e. The maximum atomic E-state index is 12.4. The largest absolute Gasteiger partial charge is 0.345 e. The highest BCUT2D eigenvalue weighted by molar-refractivity contribution is 7.92. The Hall–Kier alpha value is -1.76. The molecule has 0 heterocycles. The Morgan fingerprint density at radius 3 is 2.22 bits per heavy atom. The third-order valence-electron chi connectivity index (χ3n) is 2.91. The number of benzene rings is 2. The molecule has 0 radical (unpaired) electrons. The van der Waals surface area contributed by atoms with Gasteiger partial charge in [0.1, 0.15) is 0 Å². The molecule has 0 saturated heterocycles. The Kier molecular flexibility index (Phi) is 5.19. The van der Waals surface area contributed by atoms with Crippen LogP contribution in [0.2, 0.25) is 10.0 Å². The number of amides is 1. The fraction of sp³-hybridized carbons (Fsp3) is 0.133. The van der Waals surface area contributed by atoms with E-state index in [0.29, 0.717) is 5.56 Å². The number of hydrogen-bond donors (Lipinski definition) is 1. The number of hydrogen-bond acceptors (Lipinski definition) is 3. The van der Waals surface area contributed by atoms with Crippen molar-refractivity contribution in [2.24, 2.45) is 0 Å². The minimum atomic E-state index is -3.86. The SMILES string of the molecule is CN(C)C(=O)c1cccc(NS(=O)(=O)c2cc(Cl)cc(Cl)c2)c1. The van der Waals surface area contributed by atoms with Crippen LogP contribution in [0.1, 0.15) is 10.4 Å². The topological polar surface area (TPSA) is 66.5 Å². The van der Waals surface area contributed by atoms with Crippen molar-refractivity contribution in [2.45, 2.75) is 4.90 Å². The van der Waals surface area contributed by atoms with Crippen LogP contribution >= 0.6 is 23.2 Å². The molecule has 2 aromatic carbocycles. The fourth-order valence-electron chi connectivity index (χ4n) is 1.87. The lowest BCUT2D eigenvalue weighted by Crippen LogP contribution is -2.22. The average Bonchev–Trinajstić information content (AvgIpc) is 2.45. The summed E-state index contributed by atoms with van der Waals surface area (Å²) in [5.41, 5.74) is 0.646. The molecule has 0 fully saturated rings. The molecule has 2 aromatic rings. The molecule has 0 aromatic heterocycles. The lowest BCUT2D eigenvalue weighted by Gasteiger charge is -2.12. The molecule has 2 rings (SSSR count). The first-order valence-electron chi connectivity index (χ1n) is 6.50. The van der Waals surface area contributed by atoms with Gasteiger partial charge >= 0.3 is 0 Å². The molecule has 8 heteroatoms. The first-order valence-corrected chi connectivity index (χ1v) is 8.73. The van der Waals surface area contributed by atoms with Gasteiger partial charge in [-0.1, -0.05) is 29.3 Å². The van der Waals surface area contributed by atoms with Crippen LogP contribution in [0.15, 0.2) is 47.4 Å². The molecule has 0 aliphatic carbocycles. The molecule has 1 N–H and O–H groups in total. The number of sulfonamides is 1. The third-order valence-corrected chi connectivity index (χ3v) is 4.71. The third kappa shape index (κ3) is 4.37. The Balaban J connectivity index is 2.34. The molecule has 0 aliphatic rings. The highest BCUT2D eigenvalue weighted by Gasteiger charge is 2.17. The normalized spacial score (nSPS) is 11.1. The average molecular weight is 373 g/mol. The van der Waals surface area contributed by atoms with Crippen LogP contribution in [0.25, 0.3) is 0 Å². The minimum absolute atomic E-state index is 0.0562. The molecule has 0 spiro atoms. The lowest BCUT2D eigenvalue weighted by molar-refractivity contribution is 0.0827. The van der Waals surface area contributed by atoms with Gasteiger partial charge in [-0.2, -0.15) is 0 Å². The second kappa shape index (κ2) is 6.78. The lowest BCUT2D eigenvalue weighted by atomic mass is 10.2. The zero-order valence-electron chi connectivity index (χ0n) is 12.4. The summed E-state index contributed by atoms with van der Waals surface area (Å²) >= 11 is 11.7. The zero-order valence-corrected chi connectivity index (χ0v) is 14.7. The molecule has 0 aliphatic heterocycles. The quantitative estimate of drug-likeness (QED) is 0.892. The summed E-state index contributed by atoms with van der Waals surface area (Å²) in [6.45, 7) is 0. The summed E-state index contributed by atoms with van der Waals surface area (Å²) < 4.78 is 27.2. The number of rotatable bonds is 4. The molecule has 23 heavy (non-hydrogen) atoms. The molecule has 1 amide bonds. The van der Waals surface area contributed by atoms with Crippen LogP contribution in [-0.2, 0) is 10.0 Å². The number of carbonyl (C=O) groups excluding carboxylic acids is 1. The Labute approximate surface area is 144 Å². The Morgan fingerprint density at radius 1 is 1.04 bits per heavy atom. The number of carbonyl (C=O) groups is 1. The molecule has 0 atom stereocenters. The molecule has 122 valence electrons. The van der Waals surface area contributed by atoms with Gasteiger partial charge in [0, 0.05) is 35.4 Å². The van der Waals surface area contributed by atoms with Crippen molar-refractivity contribution in [3.8, 4) is 0 Å². The highest BCUT2D eigenvalue weighted by atomic mass is 35.5. The van der Waals surface area contributed by atoms with E-state index < -0.39 is 10.0 Å². The molecule has 0 unspecified atom stereocenters. The van der Waals surface area contributed by atoms with Gasteiger partial charge < -0.3 is 4.90 Å². The summed E-state index contributed by atoms with van der Waals surface area (Å²) in [7, 11) is -0.628. The molecule has 0 bridgehead atoms. The summed E-state index contributed by atoms with van der Waals surface area (Å²) in [6, 6.07) is 10.3. The van der Waals surface area contributed by atoms with E-state index in [1.807, 2.05) is 0 Å². The van der Waals surface area contributed by atoms with E-state index in [4.69, 9.17) is 23.2 Å². The van der Waals surface area contributed by atoms with E-state index in [-0.39, 0.29) is 26.5 Å². The van der Waals surface area contributed by atoms with Gasteiger partial charge in [0.2, 0.25) is 0 Å². The first kappa shape index (κ1) is 17.6. The highest BCUT2D eigenvalue weighted by Crippen LogP contribution is 2.24. The van der Waals surface area contributed by atoms with Gasteiger partial charge in [0.25, 0.3) is 15.9 Å². The summed E-state index contributed by atoms with van der Waals surface area (Å²) in [6.07, 6.45) is 0. The van der Waals surface area contributed by atoms with E-state index in [9.17, 15) is 13.2 Å². The maximum absolute atomic E-state index is 12.4. The smallest absolute Gasteiger partial charge is 0.261 e. The van der Waals surface area contributed by atoms with Crippen molar-refractivity contribution in [1.29, 1.82) is 0 Å². The van der Waals surface area contributed by atoms with Gasteiger partial charge in [0.15, 0.2) is 0 Å². The van der Waals surface area contributed by atoms with Crippen molar-refractivity contribution < 1.29 is 13.2 Å². The number of halogens is 2. The van der Waals surface area contributed by atoms with Gasteiger partial charge in [-0.05, 0) is 36.4 Å². The number of nitrogens with one attached hydrogen (secondary N) is 1. The van der Waals surface area contributed by atoms with E-state index >= 15 is 0 Å². The van der Waals surface area contributed by atoms with Crippen LogP contribution < -0.4 is 4.72 Å². The van der Waals surface area contributed by atoms with Gasteiger partial charge in [-0.15, -0.1) is 0 Å². The molecular weight excluding hydrogens is 359 g/mol. The monoisotopic (exact) mass is 372 g/mol. The summed E-state index contributed by atoms with van der Waals surface area (Å²) in [5, 5.41) is 0.434. The number of anilines is 1.